The van der Waals surface area contributed by atoms with Gasteiger partial charge in [0.05, 0.1) is 11.5 Å². The van der Waals surface area contributed by atoms with E-state index in [1.54, 1.807) is 16.7 Å². The van der Waals surface area contributed by atoms with Crippen molar-refractivity contribution in [3.63, 3.8) is 0 Å². The van der Waals surface area contributed by atoms with E-state index in [-0.39, 0.29) is 29.4 Å². The van der Waals surface area contributed by atoms with Crippen molar-refractivity contribution < 1.29 is 18.0 Å². The molecule has 1 unspecified atom stereocenters. The molecule has 0 spiro atoms. The molecule has 27 heavy (non-hydrogen) atoms. The first-order valence-corrected chi connectivity index (χ1v) is 11.3. The Bertz CT molecular complexity index is 861. The van der Waals surface area contributed by atoms with E-state index in [1.165, 1.54) is 0 Å². The van der Waals surface area contributed by atoms with Crippen molar-refractivity contribution in [2.45, 2.75) is 32.0 Å². The number of fused-ring (bicyclic) bond motifs is 1. The van der Waals surface area contributed by atoms with Gasteiger partial charge in [-0.15, -0.1) is 0 Å². The molecule has 0 bridgehead atoms. The summed E-state index contributed by atoms with van der Waals surface area (Å²) >= 11 is 0. The van der Waals surface area contributed by atoms with Gasteiger partial charge >= 0.3 is 0 Å². The molecule has 3 aliphatic heterocycles. The number of nitrogens with zero attached hydrogens (tertiary/aromatic N) is 3. The number of hydrogen-bond donors (Lipinski definition) is 0. The summed E-state index contributed by atoms with van der Waals surface area (Å²) in [5.41, 5.74) is 1.65. The van der Waals surface area contributed by atoms with Gasteiger partial charge in [0.2, 0.25) is 5.91 Å². The molecule has 1 aromatic carbocycles. The fourth-order valence-electron chi connectivity index (χ4n) is 4.36. The largest absolute Gasteiger partial charge is 0.338 e. The summed E-state index contributed by atoms with van der Waals surface area (Å²) in [7, 11) is -2.90. The summed E-state index contributed by atoms with van der Waals surface area (Å²) in [6.45, 7) is 4.80. The van der Waals surface area contributed by atoms with Crippen LogP contribution in [0.25, 0.3) is 0 Å². The first-order valence-electron chi connectivity index (χ1n) is 9.48. The highest BCUT2D eigenvalue weighted by atomic mass is 32.2. The van der Waals surface area contributed by atoms with Crippen LogP contribution in [-0.4, -0.2) is 84.7 Å². The number of hydrogen-bond acceptors (Lipinski definition) is 5. The molecule has 0 aliphatic carbocycles. The Morgan fingerprint density at radius 1 is 1.15 bits per heavy atom. The van der Waals surface area contributed by atoms with Gasteiger partial charge in [-0.2, -0.15) is 0 Å². The third-order valence-electron chi connectivity index (χ3n) is 6.02. The van der Waals surface area contributed by atoms with Gasteiger partial charge in [-0.3, -0.25) is 14.5 Å². The summed E-state index contributed by atoms with van der Waals surface area (Å²) < 4.78 is 23.4. The number of rotatable bonds is 3. The smallest absolute Gasteiger partial charge is 0.255 e. The third-order valence-corrected chi connectivity index (χ3v) is 7.78. The molecule has 0 N–H and O–H groups in total. The summed E-state index contributed by atoms with van der Waals surface area (Å²) in [5.74, 6) is 0.389. The lowest BCUT2D eigenvalue weighted by atomic mass is 10.1. The quantitative estimate of drug-likeness (QED) is 0.744. The predicted molar refractivity (Wildman–Crippen MR) is 101 cm³/mol. The average molecular weight is 391 g/mol. The lowest BCUT2D eigenvalue weighted by molar-refractivity contribution is -0.137. The van der Waals surface area contributed by atoms with E-state index in [1.807, 2.05) is 24.3 Å². The van der Waals surface area contributed by atoms with Crippen LogP contribution in [0.5, 0.6) is 0 Å². The molecule has 3 heterocycles. The van der Waals surface area contributed by atoms with Gasteiger partial charge < -0.3 is 9.80 Å². The van der Waals surface area contributed by atoms with E-state index in [9.17, 15) is 18.0 Å². The molecule has 2 amide bonds. The molecule has 146 valence electrons. The van der Waals surface area contributed by atoms with Crippen molar-refractivity contribution in [3.05, 3.63) is 35.4 Å². The highest BCUT2D eigenvalue weighted by molar-refractivity contribution is 7.91. The number of amides is 2. The van der Waals surface area contributed by atoms with Gasteiger partial charge in [-0.25, -0.2) is 8.42 Å². The van der Waals surface area contributed by atoms with E-state index in [4.69, 9.17) is 0 Å². The fraction of sp³-hybridized carbons (Fsp3) is 0.579. The third kappa shape index (κ3) is 3.48. The molecular formula is C19H25N3O4S. The van der Waals surface area contributed by atoms with Gasteiger partial charge in [0.1, 0.15) is 6.04 Å². The van der Waals surface area contributed by atoms with Gasteiger partial charge in [0.15, 0.2) is 9.84 Å². The van der Waals surface area contributed by atoms with Crippen LogP contribution in [0.15, 0.2) is 24.3 Å². The van der Waals surface area contributed by atoms with E-state index < -0.39 is 15.9 Å². The van der Waals surface area contributed by atoms with Crippen molar-refractivity contribution in [1.29, 1.82) is 0 Å². The standard InChI is InChI=1S/C19H25N3O4S/c1-14(22-12-15-4-2-3-5-17(15)19(22)24)18(23)21-9-7-20(8-10-21)16-6-11-27(25,26)13-16/h2-5,14,16H,6-13H2,1H3/t14-,16?/m0/s1. The van der Waals surface area contributed by atoms with E-state index in [0.29, 0.717) is 44.7 Å². The Morgan fingerprint density at radius 3 is 2.48 bits per heavy atom. The second-order valence-electron chi connectivity index (χ2n) is 7.68. The molecule has 7 nitrogen and oxygen atoms in total. The second-order valence-corrected chi connectivity index (χ2v) is 9.91. The van der Waals surface area contributed by atoms with Crippen LogP contribution in [0.4, 0.5) is 0 Å². The Balaban J connectivity index is 1.35. The Morgan fingerprint density at radius 2 is 1.85 bits per heavy atom. The van der Waals surface area contributed by atoms with E-state index in [0.717, 1.165) is 5.56 Å². The lowest BCUT2D eigenvalue weighted by Gasteiger charge is -2.39. The van der Waals surface area contributed by atoms with Gasteiger partial charge in [0.25, 0.3) is 5.91 Å². The maximum Gasteiger partial charge on any atom is 0.255 e. The van der Waals surface area contributed by atoms with Crippen LogP contribution in [0.3, 0.4) is 0 Å². The minimum absolute atomic E-state index is 0.0325. The van der Waals surface area contributed by atoms with Gasteiger partial charge in [-0.05, 0) is 25.0 Å². The first-order chi connectivity index (χ1) is 12.9. The molecule has 2 atom stereocenters. The van der Waals surface area contributed by atoms with Crippen molar-refractivity contribution >= 4 is 21.7 Å². The Labute approximate surface area is 159 Å². The molecule has 3 aliphatic rings. The summed E-state index contributed by atoms with van der Waals surface area (Å²) in [6.07, 6.45) is 0.688. The summed E-state index contributed by atoms with van der Waals surface area (Å²) in [4.78, 5) is 31.2. The van der Waals surface area contributed by atoms with E-state index >= 15 is 0 Å². The Kier molecular flexibility index (Phi) is 4.71. The number of piperazine rings is 1. The van der Waals surface area contributed by atoms with Crippen LogP contribution in [0.1, 0.15) is 29.3 Å². The highest BCUT2D eigenvalue weighted by Gasteiger charge is 2.38. The minimum Gasteiger partial charge on any atom is -0.338 e. The molecule has 2 fully saturated rings. The maximum absolute atomic E-state index is 12.9. The number of sulfone groups is 1. The molecule has 0 radical (unpaired) electrons. The van der Waals surface area contributed by atoms with Crippen LogP contribution in [0.2, 0.25) is 0 Å². The zero-order valence-corrected chi connectivity index (χ0v) is 16.3. The molecule has 0 saturated carbocycles. The second kappa shape index (κ2) is 6.91. The fourth-order valence-corrected chi connectivity index (χ4v) is 6.12. The summed E-state index contributed by atoms with van der Waals surface area (Å²) in [5, 5.41) is 0. The lowest BCUT2D eigenvalue weighted by Crippen LogP contribution is -2.56. The molecule has 4 rings (SSSR count). The van der Waals surface area contributed by atoms with Crippen molar-refractivity contribution in [1.82, 2.24) is 14.7 Å². The number of carbonyl (C=O) groups is 2. The normalized spacial score (nSPS) is 26.3. The first kappa shape index (κ1) is 18.4. The monoisotopic (exact) mass is 391 g/mol. The SMILES string of the molecule is C[C@@H](C(=O)N1CCN(C2CCS(=O)(=O)C2)CC1)N1Cc2ccccc2C1=O. The van der Waals surface area contributed by atoms with Crippen molar-refractivity contribution in [3.8, 4) is 0 Å². The predicted octanol–water partition coefficient (Wildman–Crippen LogP) is 0.362. The highest BCUT2D eigenvalue weighted by Crippen LogP contribution is 2.25. The minimum atomic E-state index is -2.90. The maximum atomic E-state index is 12.9. The molecule has 1 aromatic rings. The zero-order chi connectivity index (χ0) is 19.2. The molecular weight excluding hydrogens is 366 g/mol. The molecule has 2 saturated heterocycles. The average Bonchev–Trinajstić information content (AvgIpc) is 3.20. The Hall–Kier alpha value is -1.93. The van der Waals surface area contributed by atoms with Crippen LogP contribution >= 0.6 is 0 Å². The van der Waals surface area contributed by atoms with Crippen LogP contribution in [0, 0.1) is 0 Å². The molecule has 8 heteroatoms. The van der Waals surface area contributed by atoms with Crippen LogP contribution in [-0.2, 0) is 21.2 Å². The van der Waals surface area contributed by atoms with Gasteiger partial charge in [-0.1, -0.05) is 18.2 Å². The number of carbonyl (C=O) groups excluding carboxylic acids is 2. The van der Waals surface area contributed by atoms with Crippen LogP contribution < -0.4 is 0 Å². The zero-order valence-electron chi connectivity index (χ0n) is 15.5. The topological polar surface area (TPSA) is 78.0 Å². The van der Waals surface area contributed by atoms with Crippen molar-refractivity contribution in [2.24, 2.45) is 0 Å². The van der Waals surface area contributed by atoms with E-state index in [2.05, 4.69) is 4.90 Å². The van der Waals surface area contributed by atoms with Gasteiger partial charge in [0, 0.05) is 44.3 Å². The summed E-state index contributed by atoms with van der Waals surface area (Å²) in [6, 6.07) is 7.07. The van der Waals surface area contributed by atoms with Crippen molar-refractivity contribution in [2.75, 3.05) is 37.7 Å². The number of benzene rings is 1. The molecule has 0 aromatic heterocycles.